The third-order valence-corrected chi connectivity index (χ3v) is 1.05. The van der Waals surface area contributed by atoms with Crippen LogP contribution in [-0.4, -0.2) is 31.3 Å². The summed E-state index contributed by atoms with van der Waals surface area (Å²) in [5.74, 6) is -0.375. The van der Waals surface area contributed by atoms with E-state index in [0.717, 1.165) is 0 Å². The van der Waals surface area contributed by atoms with E-state index in [-0.39, 0.29) is 18.7 Å². The molecule has 0 atom stereocenters. The molecule has 4 N–H and O–H groups in total. The maximum Gasteiger partial charge on any atom is 0.404 e. The van der Waals surface area contributed by atoms with Crippen LogP contribution >= 0.6 is 0 Å². The molecule has 0 saturated heterocycles. The fourth-order valence-electron chi connectivity index (χ4n) is 0.507. The summed E-state index contributed by atoms with van der Waals surface area (Å²) < 4.78 is 8.98. The number of ether oxygens (including phenoxy) is 2. The maximum atomic E-state index is 10.5. The zero-order chi connectivity index (χ0) is 13.1. The topological polar surface area (TPSA) is 105 Å². The van der Waals surface area contributed by atoms with Crippen molar-refractivity contribution in [2.45, 2.75) is 26.9 Å². The highest BCUT2D eigenvalue weighted by Gasteiger charge is 1.99. The fraction of sp³-hybridized carbons (Fsp3) is 0.600. The second-order valence-corrected chi connectivity index (χ2v) is 3.19. The van der Waals surface area contributed by atoms with E-state index in [9.17, 15) is 9.59 Å². The van der Waals surface area contributed by atoms with E-state index in [4.69, 9.17) is 5.73 Å². The van der Waals surface area contributed by atoms with Gasteiger partial charge in [-0.25, -0.2) is 9.59 Å². The summed E-state index contributed by atoms with van der Waals surface area (Å²) in [5.41, 5.74) is 10.1. The number of esters is 1. The lowest BCUT2D eigenvalue weighted by molar-refractivity contribution is -0.138. The van der Waals surface area contributed by atoms with Crippen LogP contribution in [-0.2, 0) is 14.3 Å². The minimum absolute atomic E-state index is 0.0995. The lowest BCUT2D eigenvalue weighted by atomic mass is 10.4. The highest BCUT2D eigenvalue weighted by atomic mass is 16.6. The predicted molar refractivity (Wildman–Crippen MR) is 60.6 cm³/mol. The second kappa shape index (κ2) is 9.97. The first-order chi connectivity index (χ1) is 7.31. The molecule has 0 aliphatic carbocycles. The Morgan fingerprint density at radius 1 is 1.38 bits per heavy atom. The van der Waals surface area contributed by atoms with Crippen LogP contribution in [0.2, 0.25) is 0 Å². The molecule has 0 radical (unpaired) electrons. The Balaban J connectivity index is 0. The van der Waals surface area contributed by atoms with Crippen LogP contribution in [0.15, 0.2) is 12.2 Å². The zero-order valence-electron chi connectivity index (χ0n) is 9.99. The van der Waals surface area contributed by atoms with Gasteiger partial charge in [0.1, 0.15) is 6.61 Å². The van der Waals surface area contributed by atoms with Gasteiger partial charge in [-0.1, -0.05) is 6.58 Å². The molecular weight excluding hydrogens is 212 g/mol. The van der Waals surface area contributed by atoms with E-state index >= 15 is 0 Å². The van der Waals surface area contributed by atoms with Gasteiger partial charge in [0.25, 0.3) is 0 Å². The zero-order valence-corrected chi connectivity index (χ0v) is 9.99. The van der Waals surface area contributed by atoms with Crippen LogP contribution in [0, 0.1) is 0 Å². The number of primary amides is 1. The average molecular weight is 232 g/mol. The van der Waals surface area contributed by atoms with E-state index in [1.807, 2.05) is 0 Å². The van der Waals surface area contributed by atoms with Crippen LogP contribution in [0.4, 0.5) is 4.79 Å². The average Bonchev–Trinajstić information content (AvgIpc) is 2.12. The quantitative estimate of drug-likeness (QED) is 0.544. The Hall–Kier alpha value is -1.56. The maximum absolute atomic E-state index is 10.5. The molecule has 0 rings (SSSR count). The van der Waals surface area contributed by atoms with Crippen LogP contribution in [0.5, 0.6) is 0 Å². The lowest BCUT2D eigenvalue weighted by Gasteiger charge is -2.01. The summed E-state index contributed by atoms with van der Waals surface area (Å²) >= 11 is 0. The van der Waals surface area contributed by atoms with Gasteiger partial charge >= 0.3 is 12.1 Å². The summed E-state index contributed by atoms with van der Waals surface area (Å²) in [5, 5.41) is 0. The molecule has 6 heteroatoms. The number of hydrogen-bond acceptors (Lipinski definition) is 5. The molecular formula is C10H20N2O4. The van der Waals surface area contributed by atoms with Gasteiger partial charge in [-0.2, -0.15) is 0 Å². The van der Waals surface area contributed by atoms with Crippen LogP contribution in [0.1, 0.15) is 20.8 Å². The number of hydrogen-bond donors (Lipinski definition) is 2. The smallest absolute Gasteiger partial charge is 0.404 e. The van der Waals surface area contributed by atoms with Crippen molar-refractivity contribution in [2.75, 3.05) is 13.2 Å². The highest BCUT2D eigenvalue weighted by Crippen LogP contribution is 1.89. The molecule has 1 amide bonds. The Kier molecular flexibility index (Phi) is 10.5. The Morgan fingerprint density at radius 3 is 2.06 bits per heavy atom. The molecule has 0 spiro atoms. The van der Waals surface area contributed by atoms with Crippen molar-refractivity contribution in [3.63, 3.8) is 0 Å². The monoisotopic (exact) mass is 232 g/mol. The van der Waals surface area contributed by atoms with E-state index in [1.165, 1.54) is 0 Å². The summed E-state index contributed by atoms with van der Waals surface area (Å²) in [6.45, 7) is 9.10. The number of amides is 1. The Bertz CT molecular complexity index is 239. The fourth-order valence-corrected chi connectivity index (χ4v) is 0.507. The molecule has 0 aromatic heterocycles. The van der Waals surface area contributed by atoms with Gasteiger partial charge in [0.05, 0.1) is 6.10 Å². The normalized spacial score (nSPS) is 8.81. The van der Waals surface area contributed by atoms with Gasteiger partial charge in [-0.05, 0) is 20.8 Å². The molecule has 16 heavy (non-hydrogen) atoms. The Morgan fingerprint density at radius 2 is 1.88 bits per heavy atom. The summed E-state index contributed by atoms with van der Waals surface area (Å²) in [6, 6.07) is 0. The van der Waals surface area contributed by atoms with Crippen molar-refractivity contribution in [2.24, 2.45) is 11.5 Å². The number of nitrogens with two attached hydrogens (primary N) is 2. The molecule has 0 aliphatic rings. The van der Waals surface area contributed by atoms with Crippen molar-refractivity contribution < 1.29 is 19.1 Å². The molecule has 0 aromatic carbocycles. The van der Waals surface area contributed by atoms with E-state index < -0.39 is 6.09 Å². The van der Waals surface area contributed by atoms with Gasteiger partial charge in [0.15, 0.2) is 0 Å². The minimum atomic E-state index is -0.713. The molecule has 0 bridgehead atoms. The SMILES string of the molecule is C=C(C)C(=O)OCCN.CC(C)OC(N)=O. The van der Waals surface area contributed by atoms with Crippen LogP contribution < -0.4 is 11.5 Å². The molecule has 6 nitrogen and oxygen atoms in total. The number of carbonyl (C=O) groups is 2. The van der Waals surface area contributed by atoms with Gasteiger partial charge in [-0.3, -0.25) is 0 Å². The van der Waals surface area contributed by atoms with Crippen LogP contribution in [0.3, 0.4) is 0 Å². The second-order valence-electron chi connectivity index (χ2n) is 3.19. The van der Waals surface area contributed by atoms with E-state index in [2.05, 4.69) is 21.8 Å². The molecule has 0 aliphatic heterocycles. The minimum Gasteiger partial charge on any atom is -0.461 e. The van der Waals surface area contributed by atoms with Gasteiger partial charge in [-0.15, -0.1) is 0 Å². The lowest BCUT2D eigenvalue weighted by Crippen LogP contribution is -2.17. The highest BCUT2D eigenvalue weighted by molar-refractivity contribution is 5.86. The van der Waals surface area contributed by atoms with Crippen molar-refractivity contribution in [3.05, 3.63) is 12.2 Å². The molecule has 0 fully saturated rings. The first-order valence-corrected chi connectivity index (χ1v) is 4.80. The van der Waals surface area contributed by atoms with Crippen LogP contribution in [0.25, 0.3) is 0 Å². The third-order valence-electron chi connectivity index (χ3n) is 1.05. The molecule has 0 unspecified atom stereocenters. The summed E-state index contributed by atoms with van der Waals surface area (Å²) in [7, 11) is 0. The van der Waals surface area contributed by atoms with E-state index in [0.29, 0.717) is 12.1 Å². The first kappa shape index (κ1) is 16.9. The molecule has 0 heterocycles. The summed E-state index contributed by atoms with van der Waals surface area (Å²) in [6.07, 6.45) is -0.813. The van der Waals surface area contributed by atoms with Gasteiger partial charge in [0, 0.05) is 12.1 Å². The van der Waals surface area contributed by atoms with Gasteiger partial charge < -0.3 is 20.9 Å². The standard InChI is InChI=1S/C6H11NO2.C4H9NO2/c1-5(2)6(8)9-4-3-7;1-3(2)7-4(5)6/h1,3-4,7H2,2H3;3H,1-2H3,(H2,5,6). The summed E-state index contributed by atoms with van der Waals surface area (Å²) in [4.78, 5) is 20.3. The molecule has 0 saturated carbocycles. The van der Waals surface area contributed by atoms with Crippen molar-refractivity contribution in [3.8, 4) is 0 Å². The van der Waals surface area contributed by atoms with Gasteiger partial charge in [0.2, 0.25) is 0 Å². The number of rotatable bonds is 4. The first-order valence-electron chi connectivity index (χ1n) is 4.80. The molecule has 94 valence electrons. The third kappa shape index (κ3) is 14.9. The van der Waals surface area contributed by atoms with Crippen molar-refractivity contribution in [1.29, 1.82) is 0 Å². The largest absolute Gasteiger partial charge is 0.461 e. The predicted octanol–water partition coefficient (Wildman–Crippen LogP) is 0.555. The van der Waals surface area contributed by atoms with E-state index in [1.54, 1.807) is 20.8 Å². The molecule has 0 aromatic rings. The number of carbonyl (C=O) groups excluding carboxylic acids is 2. The van der Waals surface area contributed by atoms with Crippen molar-refractivity contribution >= 4 is 12.1 Å². The Labute approximate surface area is 95.6 Å². The van der Waals surface area contributed by atoms with Crippen molar-refractivity contribution in [1.82, 2.24) is 0 Å².